The largest absolute Gasteiger partial charge is 0.493 e. The highest BCUT2D eigenvalue weighted by molar-refractivity contribution is 5.95. The van der Waals surface area contributed by atoms with E-state index in [-0.39, 0.29) is 11.3 Å². The summed E-state index contributed by atoms with van der Waals surface area (Å²) in [5.41, 5.74) is 3.58. The van der Waals surface area contributed by atoms with Crippen molar-refractivity contribution in [1.82, 2.24) is 0 Å². The van der Waals surface area contributed by atoms with E-state index in [2.05, 4.69) is 5.43 Å². The zero-order chi connectivity index (χ0) is 15.2. The number of hydrazine groups is 1. The molecular weight excluding hydrogens is 272 g/mol. The van der Waals surface area contributed by atoms with Crippen molar-refractivity contribution >= 4 is 11.7 Å². The van der Waals surface area contributed by atoms with Gasteiger partial charge in [-0.15, -0.1) is 0 Å². The molecule has 0 aliphatic carbocycles. The van der Waals surface area contributed by atoms with Gasteiger partial charge in [-0.1, -0.05) is 30.3 Å². The molecule has 2 rings (SSSR count). The highest BCUT2D eigenvalue weighted by Crippen LogP contribution is 2.33. The number of aromatic carboxylic acids is 1. The Bertz CT molecular complexity index is 629. The molecule has 6 nitrogen and oxygen atoms in total. The number of carboxylic acids is 1. The van der Waals surface area contributed by atoms with Crippen molar-refractivity contribution < 1.29 is 19.4 Å². The first kappa shape index (κ1) is 14.7. The highest BCUT2D eigenvalue weighted by Gasteiger charge is 2.16. The molecule has 0 aliphatic heterocycles. The second-order valence-corrected chi connectivity index (χ2v) is 4.27. The Morgan fingerprint density at radius 2 is 1.95 bits per heavy atom. The van der Waals surface area contributed by atoms with Crippen LogP contribution >= 0.6 is 0 Å². The molecule has 2 aromatic carbocycles. The molecule has 4 N–H and O–H groups in total. The second kappa shape index (κ2) is 6.62. The summed E-state index contributed by atoms with van der Waals surface area (Å²) in [5, 5.41) is 9.18. The van der Waals surface area contributed by atoms with Gasteiger partial charge in [0.1, 0.15) is 6.61 Å². The second-order valence-electron chi connectivity index (χ2n) is 4.27. The van der Waals surface area contributed by atoms with E-state index >= 15 is 0 Å². The zero-order valence-electron chi connectivity index (χ0n) is 11.5. The van der Waals surface area contributed by atoms with E-state index in [0.717, 1.165) is 5.56 Å². The van der Waals surface area contributed by atoms with E-state index in [1.807, 2.05) is 30.3 Å². The van der Waals surface area contributed by atoms with E-state index in [1.54, 1.807) is 0 Å². The lowest BCUT2D eigenvalue weighted by Crippen LogP contribution is -2.12. The first-order valence-electron chi connectivity index (χ1n) is 6.24. The number of benzene rings is 2. The van der Waals surface area contributed by atoms with Crippen LogP contribution < -0.4 is 20.7 Å². The lowest BCUT2D eigenvalue weighted by Gasteiger charge is -2.14. The van der Waals surface area contributed by atoms with E-state index < -0.39 is 5.97 Å². The molecule has 2 aromatic rings. The molecule has 0 radical (unpaired) electrons. The Hall–Kier alpha value is -2.73. The van der Waals surface area contributed by atoms with Crippen LogP contribution in [0.1, 0.15) is 15.9 Å². The molecule has 0 saturated heterocycles. The number of rotatable bonds is 6. The Labute approximate surface area is 122 Å². The van der Waals surface area contributed by atoms with Gasteiger partial charge in [0.2, 0.25) is 0 Å². The van der Waals surface area contributed by atoms with E-state index in [9.17, 15) is 9.90 Å². The summed E-state index contributed by atoms with van der Waals surface area (Å²) in [5.74, 6) is 4.97. The van der Waals surface area contributed by atoms with Gasteiger partial charge in [0.15, 0.2) is 11.5 Å². The average Bonchev–Trinajstić information content (AvgIpc) is 2.52. The topological polar surface area (TPSA) is 93.8 Å². The van der Waals surface area contributed by atoms with Gasteiger partial charge in [-0.3, -0.25) is 5.84 Å². The Balaban J connectivity index is 2.29. The Morgan fingerprint density at radius 3 is 2.52 bits per heavy atom. The van der Waals surface area contributed by atoms with Crippen molar-refractivity contribution in [2.24, 2.45) is 5.84 Å². The van der Waals surface area contributed by atoms with E-state index in [0.29, 0.717) is 18.1 Å². The van der Waals surface area contributed by atoms with Gasteiger partial charge in [-0.05, 0) is 5.56 Å². The first-order chi connectivity index (χ1) is 10.2. The third kappa shape index (κ3) is 3.43. The molecule has 0 atom stereocenters. The van der Waals surface area contributed by atoms with Crippen molar-refractivity contribution in [2.45, 2.75) is 6.61 Å². The van der Waals surface area contributed by atoms with Gasteiger partial charge < -0.3 is 20.0 Å². The van der Waals surface area contributed by atoms with Gasteiger partial charge in [0.25, 0.3) is 0 Å². The van der Waals surface area contributed by atoms with Crippen LogP contribution in [0.4, 0.5) is 5.69 Å². The molecule has 0 spiro atoms. The van der Waals surface area contributed by atoms with Crippen LogP contribution in [-0.2, 0) is 6.61 Å². The third-order valence-corrected chi connectivity index (χ3v) is 2.93. The Kier molecular flexibility index (Phi) is 4.63. The minimum atomic E-state index is -1.10. The molecule has 0 fully saturated rings. The van der Waals surface area contributed by atoms with Crippen LogP contribution in [-0.4, -0.2) is 18.2 Å². The summed E-state index contributed by atoms with van der Waals surface area (Å²) in [4.78, 5) is 11.2. The smallest absolute Gasteiger partial charge is 0.337 e. The maximum absolute atomic E-state index is 11.2. The molecule has 0 bridgehead atoms. The van der Waals surface area contributed by atoms with Crippen LogP contribution in [0.15, 0.2) is 42.5 Å². The van der Waals surface area contributed by atoms with Crippen molar-refractivity contribution in [3.05, 3.63) is 53.6 Å². The summed E-state index contributed by atoms with van der Waals surface area (Å²) in [7, 11) is 1.48. The number of carbonyl (C=O) groups is 1. The Morgan fingerprint density at radius 1 is 1.24 bits per heavy atom. The molecule has 6 heteroatoms. The standard InChI is InChI=1S/C15H16N2O4/c1-20-13-8-12(17-16)11(15(18)19)7-14(13)21-9-10-5-3-2-4-6-10/h2-8,17H,9,16H2,1H3,(H,18,19). The van der Waals surface area contributed by atoms with Crippen LogP contribution in [0.2, 0.25) is 0 Å². The number of hydrogen-bond donors (Lipinski definition) is 3. The highest BCUT2D eigenvalue weighted by atomic mass is 16.5. The van der Waals surface area contributed by atoms with Crippen LogP contribution in [0.25, 0.3) is 0 Å². The number of hydrogen-bond acceptors (Lipinski definition) is 5. The first-order valence-corrected chi connectivity index (χ1v) is 6.24. The van der Waals surface area contributed by atoms with E-state index in [4.69, 9.17) is 15.3 Å². The molecule has 0 heterocycles. The molecule has 0 aliphatic rings. The van der Waals surface area contributed by atoms with Crippen molar-refractivity contribution in [1.29, 1.82) is 0 Å². The number of nitrogens with one attached hydrogen (secondary N) is 1. The average molecular weight is 288 g/mol. The monoisotopic (exact) mass is 288 g/mol. The fourth-order valence-electron chi connectivity index (χ4n) is 1.86. The predicted molar refractivity (Wildman–Crippen MR) is 78.5 cm³/mol. The minimum absolute atomic E-state index is 0.0151. The van der Waals surface area contributed by atoms with Crippen LogP contribution in [0.5, 0.6) is 11.5 Å². The normalized spacial score (nSPS) is 10.0. The van der Waals surface area contributed by atoms with Gasteiger partial charge in [0, 0.05) is 12.1 Å². The van der Waals surface area contributed by atoms with E-state index in [1.165, 1.54) is 19.2 Å². The lowest BCUT2D eigenvalue weighted by molar-refractivity contribution is 0.0697. The maximum atomic E-state index is 11.2. The summed E-state index contributed by atoms with van der Waals surface area (Å²) in [6, 6.07) is 12.4. The number of nitrogen functional groups attached to an aromatic ring is 1. The van der Waals surface area contributed by atoms with Crippen LogP contribution in [0.3, 0.4) is 0 Å². The number of anilines is 1. The van der Waals surface area contributed by atoms with Crippen molar-refractivity contribution in [2.75, 3.05) is 12.5 Å². The summed E-state index contributed by atoms with van der Waals surface area (Å²) < 4.78 is 10.8. The molecule has 0 unspecified atom stereocenters. The minimum Gasteiger partial charge on any atom is -0.493 e. The molecule has 0 aromatic heterocycles. The third-order valence-electron chi connectivity index (χ3n) is 2.93. The quantitative estimate of drug-likeness (QED) is 0.557. The fourth-order valence-corrected chi connectivity index (χ4v) is 1.86. The molecule has 110 valence electrons. The van der Waals surface area contributed by atoms with Crippen molar-refractivity contribution in [3.63, 3.8) is 0 Å². The fraction of sp³-hybridized carbons (Fsp3) is 0.133. The summed E-state index contributed by atoms with van der Waals surface area (Å²) in [6.07, 6.45) is 0. The predicted octanol–water partition coefficient (Wildman–Crippen LogP) is 2.26. The molecule has 0 saturated carbocycles. The van der Waals surface area contributed by atoms with Crippen LogP contribution in [0, 0.1) is 0 Å². The number of carboxylic acid groups (broad SMARTS) is 1. The zero-order valence-corrected chi connectivity index (χ0v) is 11.5. The molecule has 21 heavy (non-hydrogen) atoms. The lowest BCUT2D eigenvalue weighted by atomic mass is 10.1. The molecule has 0 amide bonds. The van der Waals surface area contributed by atoms with Crippen molar-refractivity contribution in [3.8, 4) is 11.5 Å². The van der Waals surface area contributed by atoms with Gasteiger partial charge in [0.05, 0.1) is 18.4 Å². The van der Waals surface area contributed by atoms with Gasteiger partial charge in [-0.2, -0.15) is 0 Å². The van der Waals surface area contributed by atoms with Gasteiger partial charge in [-0.25, -0.2) is 4.79 Å². The molecular formula is C15H16N2O4. The number of ether oxygens (including phenoxy) is 2. The SMILES string of the molecule is COc1cc(NN)c(C(=O)O)cc1OCc1ccccc1. The number of nitrogens with two attached hydrogens (primary N) is 1. The summed E-state index contributed by atoms with van der Waals surface area (Å²) >= 11 is 0. The van der Waals surface area contributed by atoms with Gasteiger partial charge >= 0.3 is 5.97 Å². The maximum Gasteiger partial charge on any atom is 0.337 e. The number of methoxy groups -OCH3 is 1. The summed E-state index contributed by atoms with van der Waals surface area (Å²) in [6.45, 7) is 0.311.